The molecule has 11 aromatic rings. The Bertz CT molecular complexity index is 3510. The van der Waals surface area contributed by atoms with Gasteiger partial charge in [-0.25, -0.2) is 14.8 Å². The quantitative estimate of drug-likeness (QED) is 0.158. The minimum absolute atomic E-state index is 0.614. The minimum atomic E-state index is 0.614. The van der Waals surface area contributed by atoms with Gasteiger partial charge < -0.3 is 9.13 Å². The summed E-state index contributed by atoms with van der Waals surface area (Å²) in [6.45, 7) is 7.71. The maximum absolute atomic E-state index is 9.89. The second-order valence-corrected chi connectivity index (χ2v) is 14.8. The first-order valence-corrected chi connectivity index (χ1v) is 19.7. The Morgan fingerprint density at radius 3 is 1.72 bits per heavy atom. The molecule has 278 valence electrons. The first-order valence-electron chi connectivity index (χ1n) is 19.7. The summed E-state index contributed by atoms with van der Waals surface area (Å²) >= 11 is 0. The molecule has 3 heterocycles. The van der Waals surface area contributed by atoms with E-state index < -0.39 is 0 Å². The van der Waals surface area contributed by atoms with Crippen LogP contribution < -0.4 is 0 Å². The molecule has 0 atom stereocenters. The molecule has 0 aliphatic rings. The highest BCUT2D eigenvalue weighted by Crippen LogP contribution is 2.41. The van der Waals surface area contributed by atoms with E-state index in [1.54, 1.807) is 0 Å². The largest absolute Gasteiger partial charge is 0.309 e. The van der Waals surface area contributed by atoms with Crippen LogP contribution in [0.4, 0.5) is 5.69 Å². The standard InChI is InChI=1S/C54H32N6/c1-56-40-25-28-52-46(32-40)43-20-8-10-21-49(43)59(52)41-18-12-17-38(30-41)44-31-39(54-57-47(36-13-4-2-5-14-36)33-48(58-54)37-15-6-3-7-16-37)24-27-51(44)60-50-22-11-9-19-42(50)45-29-35(34-55)23-26-53(45)60/h2-33H. The smallest absolute Gasteiger partial charge is 0.188 e. The van der Waals surface area contributed by atoms with Crippen LogP contribution in [0.3, 0.4) is 0 Å². The van der Waals surface area contributed by atoms with Crippen molar-refractivity contribution in [1.82, 2.24) is 19.1 Å². The van der Waals surface area contributed by atoms with Gasteiger partial charge in [0.15, 0.2) is 11.5 Å². The number of nitrogens with zero attached hydrogens (tertiary/aromatic N) is 6. The van der Waals surface area contributed by atoms with E-state index in [4.69, 9.17) is 16.5 Å². The Morgan fingerprint density at radius 2 is 1.03 bits per heavy atom. The highest BCUT2D eigenvalue weighted by Gasteiger charge is 2.20. The summed E-state index contributed by atoms with van der Waals surface area (Å²) in [4.78, 5) is 14.2. The number of benzene rings is 8. The second-order valence-electron chi connectivity index (χ2n) is 14.8. The highest BCUT2D eigenvalue weighted by molar-refractivity contribution is 6.11. The van der Waals surface area contributed by atoms with E-state index in [0.29, 0.717) is 17.1 Å². The van der Waals surface area contributed by atoms with E-state index in [1.165, 1.54) is 0 Å². The molecule has 0 saturated carbocycles. The van der Waals surface area contributed by atoms with Crippen molar-refractivity contribution in [2.75, 3.05) is 0 Å². The van der Waals surface area contributed by atoms with Gasteiger partial charge in [0.05, 0.1) is 57.3 Å². The first kappa shape index (κ1) is 34.7. The molecule has 0 fully saturated rings. The van der Waals surface area contributed by atoms with Gasteiger partial charge in [0.25, 0.3) is 0 Å². The van der Waals surface area contributed by atoms with Gasteiger partial charge in [0.1, 0.15) is 0 Å². The normalized spacial score (nSPS) is 11.3. The van der Waals surface area contributed by atoms with Crippen molar-refractivity contribution in [3.05, 3.63) is 211 Å². The lowest BCUT2D eigenvalue weighted by molar-refractivity contribution is 1.16. The molecule has 11 rings (SSSR count). The highest BCUT2D eigenvalue weighted by atomic mass is 15.0. The third kappa shape index (κ3) is 5.71. The predicted octanol–water partition coefficient (Wildman–Crippen LogP) is 13.8. The number of rotatable bonds is 6. The predicted molar refractivity (Wildman–Crippen MR) is 243 cm³/mol. The number of para-hydroxylation sites is 2. The Kier molecular flexibility index (Phi) is 8.15. The Morgan fingerprint density at radius 1 is 0.450 bits per heavy atom. The SMILES string of the molecule is [C-]#[N+]c1ccc2c(c1)c1ccccc1n2-c1cccc(-c2cc(-c3nc(-c4ccccc4)cc(-c4ccccc4)n3)ccc2-n2c3ccccc3c3cc(C#N)ccc32)c1. The molecule has 0 unspecified atom stereocenters. The number of hydrogen-bond acceptors (Lipinski definition) is 3. The molecule has 0 aliphatic heterocycles. The van der Waals surface area contributed by atoms with Crippen LogP contribution in [0.1, 0.15) is 5.56 Å². The van der Waals surface area contributed by atoms with E-state index in [-0.39, 0.29) is 0 Å². The third-order valence-corrected chi connectivity index (χ3v) is 11.4. The van der Waals surface area contributed by atoms with Crippen molar-refractivity contribution < 1.29 is 0 Å². The Hall–Kier alpha value is -8.58. The molecule has 6 nitrogen and oxygen atoms in total. The zero-order valence-electron chi connectivity index (χ0n) is 32.2. The van der Waals surface area contributed by atoms with Gasteiger partial charge in [-0.15, -0.1) is 0 Å². The van der Waals surface area contributed by atoms with Crippen LogP contribution in [0.15, 0.2) is 194 Å². The summed E-state index contributed by atoms with van der Waals surface area (Å²) < 4.78 is 4.59. The summed E-state index contributed by atoms with van der Waals surface area (Å²) in [5.74, 6) is 0.623. The van der Waals surface area contributed by atoms with E-state index in [2.05, 4.69) is 141 Å². The van der Waals surface area contributed by atoms with Gasteiger partial charge >= 0.3 is 0 Å². The Labute approximate surface area is 346 Å². The molecule has 0 bridgehead atoms. The van der Waals surface area contributed by atoms with Gasteiger partial charge in [-0.1, -0.05) is 115 Å². The lowest BCUT2D eigenvalue weighted by Gasteiger charge is -2.17. The van der Waals surface area contributed by atoms with E-state index in [9.17, 15) is 5.26 Å². The second kappa shape index (κ2) is 14.1. The number of aromatic nitrogens is 4. The molecule has 0 saturated heterocycles. The number of hydrogen-bond donors (Lipinski definition) is 0. The number of fused-ring (bicyclic) bond motifs is 6. The average Bonchev–Trinajstić information content (AvgIpc) is 3.84. The first-order chi connectivity index (χ1) is 29.6. The monoisotopic (exact) mass is 764 g/mol. The number of nitriles is 1. The van der Waals surface area contributed by atoms with Crippen LogP contribution in [0, 0.1) is 17.9 Å². The zero-order valence-corrected chi connectivity index (χ0v) is 32.2. The molecule has 8 aromatic carbocycles. The minimum Gasteiger partial charge on any atom is -0.309 e. The third-order valence-electron chi connectivity index (χ3n) is 11.4. The van der Waals surface area contributed by atoms with Gasteiger partial charge in [0, 0.05) is 44.1 Å². The van der Waals surface area contributed by atoms with Gasteiger partial charge in [-0.3, -0.25) is 0 Å². The van der Waals surface area contributed by atoms with Crippen molar-refractivity contribution in [2.24, 2.45) is 0 Å². The lowest BCUT2D eigenvalue weighted by Crippen LogP contribution is -2.01. The topological polar surface area (TPSA) is 63.8 Å². The zero-order chi connectivity index (χ0) is 40.2. The maximum Gasteiger partial charge on any atom is 0.188 e. The maximum atomic E-state index is 9.89. The molecule has 0 radical (unpaired) electrons. The van der Waals surface area contributed by atoms with E-state index in [1.807, 2.05) is 72.8 Å². The molecular formula is C54H32N6. The van der Waals surface area contributed by atoms with E-state index >= 15 is 0 Å². The fourth-order valence-corrected chi connectivity index (χ4v) is 8.61. The van der Waals surface area contributed by atoms with Crippen molar-refractivity contribution in [1.29, 1.82) is 5.26 Å². The van der Waals surface area contributed by atoms with Crippen LogP contribution in [-0.4, -0.2) is 19.1 Å². The van der Waals surface area contributed by atoms with Crippen LogP contribution in [0.2, 0.25) is 0 Å². The summed E-state index contributed by atoms with van der Waals surface area (Å²) in [7, 11) is 0. The molecule has 0 spiro atoms. The van der Waals surface area contributed by atoms with Crippen molar-refractivity contribution in [3.63, 3.8) is 0 Å². The fraction of sp³-hybridized carbons (Fsp3) is 0. The van der Waals surface area contributed by atoms with Gasteiger partial charge in [-0.2, -0.15) is 5.26 Å². The van der Waals surface area contributed by atoms with Gasteiger partial charge in [0.2, 0.25) is 0 Å². The van der Waals surface area contributed by atoms with Crippen LogP contribution in [0.5, 0.6) is 0 Å². The lowest BCUT2D eigenvalue weighted by atomic mass is 9.99. The van der Waals surface area contributed by atoms with Crippen LogP contribution in [0.25, 0.3) is 105 Å². The summed E-state index contributed by atoms with van der Waals surface area (Å²) in [6.07, 6.45) is 0. The molecule has 60 heavy (non-hydrogen) atoms. The molecule has 0 N–H and O–H groups in total. The molecule has 0 aliphatic carbocycles. The fourth-order valence-electron chi connectivity index (χ4n) is 8.61. The molecule has 3 aromatic heterocycles. The van der Waals surface area contributed by atoms with Crippen LogP contribution in [-0.2, 0) is 0 Å². The average molecular weight is 765 g/mol. The molecule has 0 amide bonds. The van der Waals surface area contributed by atoms with Crippen molar-refractivity contribution in [3.8, 4) is 62.5 Å². The van der Waals surface area contributed by atoms with E-state index in [0.717, 1.165) is 94.2 Å². The van der Waals surface area contributed by atoms with Crippen molar-refractivity contribution >= 4 is 49.3 Å². The summed E-state index contributed by atoms with van der Waals surface area (Å²) in [5, 5.41) is 14.1. The van der Waals surface area contributed by atoms with Crippen molar-refractivity contribution in [2.45, 2.75) is 0 Å². The summed E-state index contributed by atoms with van der Waals surface area (Å²) in [5.41, 5.74) is 14.0. The van der Waals surface area contributed by atoms with Crippen LogP contribution >= 0.6 is 0 Å². The summed E-state index contributed by atoms with van der Waals surface area (Å²) in [6, 6.07) is 68.7. The molecule has 6 heteroatoms. The van der Waals surface area contributed by atoms with Gasteiger partial charge in [-0.05, 0) is 89.8 Å². The molecular weight excluding hydrogens is 733 g/mol. The Balaban J connectivity index is 1.18.